The molecule has 17 heavy (non-hydrogen) atoms. The van der Waals surface area contributed by atoms with Crippen molar-refractivity contribution in [3.05, 3.63) is 46.2 Å². The topological polar surface area (TPSA) is 51.0 Å². The molecule has 0 amide bonds. The zero-order chi connectivity index (χ0) is 12.3. The van der Waals surface area contributed by atoms with E-state index in [0.29, 0.717) is 6.54 Å². The van der Waals surface area contributed by atoms with E-state index in [2.05, 4.69) is 27.2 Å². The molecule has 2 rings (SSSR count). The van der Waals surface area contributed by atoms with Crippen LogP contribution in [0.3, 0.4) is 0 Å². The van der Waals surface area contributed by atoms with Crippen LogP contribution in [0.1, 0.15) is 29.9 Å². The summed E-state index contributed by atoms with van der Waals surface area (Å²) in [5.41, 5.74) is 2.79. The van der Waals surface area contributed by atoms with Gasteiger partial charge < -0.3 is 5.32 Å². The Hall–Kier alpha value is -1.39. The van der Waals surface area contributed by atoms with Crippen LogP contribution in [0.2, 0.25) is 5.02 Å². The van der Waals surface area contributed by atoms with Gasteiger partial charge in [0.05, 0.1) is 0 Å². The average Bonchev–Trinajstić information content (AvgIpc) is 2.72. The molecule has 0 aliphatic rings. The second-order valence-electron chi connectivity index (χ2n) is 3.95. The van der Waals surface area contributed by atoms with E-state index in [-0.39, 0.29) is 6.04 Å². The van der Waals surface area contributed by atoms with E-state index in [4.69, 9.17) is 11.6 Å². The molecule has 1 N–H and O–H groups in total. The van der Waals surface area contributed by atoms with Gasteiger partial charge in [0.15, 0.2) is 0 Å². The zero-order valence-corrected chi connectivity index (χ0v) is 10.5. The Morgan fingerprint density at radius 2 is 2.24 bits per heavy atom. The van der Waals surface area contributed by atoms with Crippen molar-refractivity contribution in [3.63, 3.8) is 0 Å². The van der Waals surface area contributed by atoms with Crippen molar-refractivity contribution in [3.8, 4) is 0 Å². The highest BCUT2D eigenvalue weighted by molar-refractivity contribution is 6.30. The SMILES string of the molecule is Cc1nonc1CN[C@H](C)c1cccc(Cl)c1. The first-order valence-corrected chi connectivity index (χ1v) is 5.81. The molecule has 0 fully saturated rings. The summed E-state index contributed by atoms with van der Waals surface area (Å²) in [6.45, 7) is 4.58. The van der Waals surface area contributed by atoms with E-state index in [1.807, 2.05) is 31.2 Å². The van der Waals surface area contributed by atoms with Gasteiger partial charge in [0.2, 0.25) is 0 Å². The minimum absolute atomic E-state index is 0.199. The zero-order valence-electron chi connectivity index (χ0n) is 9.77. The van der Waals surface area contributed by atoms with Gasteiger partial charge in [0, 0.05) is 17.6 Å². The fourth-order valence-electron chi connectivity index (χ4n) is 1.55. The molecule has 0 bridgehead atoms. The molecule has 4 nitrogen and oxygen atoms in total. The molecule has 1 heterocycles. The van der Waals surface area contributed by atoms with Gasteiger partial charge in [-0.05, 0) is 31.5 Å². The third-order valence-electron chi connectivity index (χ3n) is 2.67. The van der Waals surface area contributed by atoms with Crippen molar-refractivity contribution in [1.82, 2.24) is 15.6 Å². The largest absolute Gasteiger partial charge is 0.304 e. The Morgan fingerprint density at radius 3 is 2.88 bits per heavy atom. The third kappa shape index (κ3) is 3.05. The van der Waals surface area contributed by atoms with Crippen LogP contribution in [0.5, 0.6) is 0 Å². The molecule has 2 aromatic rings. The predicted octanol–water partition coefficient (Wildman–Crippen LogP) is 2.88. The number of halogens is 1. The van der Waals surface area contributed by atoms with Gasteiger partial charge in [-0.25, -0.2) is 4.63 Å². The van der Waals surface area contributed by atoms with E-state index in [0.717, 1.165) is 22.0 Å². The van der Waals surface area contributed by atoms with Crippen LogP contribution in [0.15, 0.2) is 28.9 Å². The van der Waals surface area contributed by atoms with E-state index in [1.54, 1.807) is 0 Å². The molecule has 0 unspecified atom stereocenters. The number of hydrogen-bond donors (Lipinski definition) is 1. The Bertz CT molecular complexity index is 498. The van der Waals surface area contributed by atoms with Gasteiger partial charge in [-0.2, -0.15) is 0 Å². The molecule has 0 radical (unpaired) electrons. The summed E-state index contributed by atoms with van der Waals surface area (Å²) in [7, 11) is 0. The fourth-order valence-corrected chi connectivity index (χ4v) is 1.75. The van der Waals surface area contributed by atoms with Crippen LogP contribution >= 0.6 is 11.6 Å². The van der Waals surface area contributed by atoms with Crippen LogP contribution < -0.4 is 5.32 Å². The summed E-state index contributed by atoms with van der Waals surface area (Å²) in [5, 5.41) is 11.7. The van der Waals surface area contributed by atoms with Gasteiger partial charge in [0.25, 0.3) is 0 Å². The smallest absolute Gasteiger partial charge is 0.121 e. The summed E-state index contributed by atoms with van der Waals surface area (Å²) in [4.78, 5) is 0. The van der Waals surface area contributed by atoms with Gasteiger partial charge in [0.1, 0.15) is 11.4 Å². The maximum absolute atomic E-state index is 5.95. The number of hydrogen-bond acceptors (Lipinski definition) is 4. The Morgan fingerprint density at radius 1 is 1.41 bits per heavy atom. The van der Waals surface area contributed by atoms with Crippen LogP contribution in [0.25, 0.3) is 0 Å². The quantitative estimate of drug-likeness (QED) is 0.908. The van der Waals surface area contributed by atoms with E-state index in [9.17, 15) is 0 Å². The lowest BCUT2D eigenvalue weighted by Gasteiger charge is -2.13. The normalized spacial score (nSPS) is 12.6. The minimum atomic E-state index is 0.199. The van der Waals surface area contributed by atoms with Gasteiger partial charge >= 0.3 is 0 Å². The lowest BCUT2D eigenvalue weighted by molar-refractivity contribution is 0.300. The molecule has 1 aromatic carbocycles. The molecule has 0 saturated heterocycles. The molecule has 1 atom stereocenters. The van der Waals surface area contributed by atoms with Gasteiger partial charge in [-0.1, -0.05) is 34.0 Å². The minimum Gasteiger partial charge on any atom is -0.304 e. The Labute approximate surface area is 105 Å². The molecular formula is C12H14ClN3O. The lowest BCUT2D eigenvalue weighted by Crippen LogP contribution is -2.18. The molecule has 1 aromatic heterocycles. The summed E-state index contributed by atoms with van der Waals surface area (Å²) >= 11 is 5.95. The molecule has 0 saturated carbocycles. The van der Waals surface area contributed by atoms with Crippen molar-refractivity contribution >= 4 is 11.6 Å². The second-order valence-corrected chi connectivity index (χ2v) is 4.39. The van der Waals surface area contributed by atoms with E-state index >= 15 is 0 Å². The third-order valence-corrected chi connectivity index (χ3v) is 2.91. The number of aromatic nitrogens is 2. The highest BCUT2D eigenvalue weighted by Crippen LogP contribution is 2.17. The number of rotatable bonds is 4. The summed E-state index contributed by atoms with van der Waals surface area (Å²) < 4.78 is 4.64. The van der Waals surface area contributed by atoms with Crippen LogP contribution in [-0.4, -0.2) is 10.3 Å². The number of nitrogens with one attached hydrogen (secondary N) is 1. The first-order chi connectivity index (χ1) is 8.16. The van der Waals surface area contributed by atoms with Crippen molar-refractivity contribution in [1.29, 1.82) is 0 Å². The Kier molecular flexibility index (Phi) is 3.76. The summed E-state index contributed by atoms with van der Waals surface area (Å²) in [6.07, 6.45) is 0. The highest BCUT2D eigenvalue weighted by atomic mass is 35.5. The summed E-state index contributed by atoms with van der Waals surface area (Å²) in [6, 6.07) is 8.00. The highest BCUT2D eigenvalue weighted by Gasteiger charge is 2.09. The van der Waals surface area contributed by atoms with E-state index < -0.39 is 0 Å². The van der Waals surface area contributed by atoms with Gasteiger partial charge in [-0.3, -0.25) is 0 Å². The Balaban J connectivity index is 1.98. The lowest BCUT2D eigenvalue weighted by atomic mass is 10.1. The summed E-state index contributed by atoms with van der Waals surface area (Å²) in [5.74, 6) is 0. The van der Waals surface area contributed by atoms with Gasteiger partial charge in [-0.15, -0.1) is 0 Å². The van der Waals surface area contributed by atoms with Crippen molar-refractivity contribution < 1.29 is 4.63 Å². The molecule has 0 aliphatic carbocycles. The molecular weight excluding hydrogens is 238 g/mol. The number of aryl methyl sites for hydroxylation is 1. The van der Waals surface area contributed by atoms with Crippen LogP contribution in [0, 0.1) is 6.92 Å². The maximum Gasteiger partial charge on any atom is 0.121 e. The fraction of sp³-hybridized carbons (Fsp3) is 0.333. The molecule has 90 valence electrons. The second kappa shape index (κ2) is 5.29. The number of benzene rings is 1. The first-order valence-electron chi connectivity index (χ1n) is 5.43. The first kappa shape index (κ1) is 12.1. The maximum atomic E-state index is 5.95. The van der Waals surface area contributed by atoms with Crippen LogP contribution in [-0.2, 0) is 6.54 Å². The molecule has 5 heteroatoms. The predicted molar refractivity (Wildman–Crippen MR) is 65.7 cm³/mol. The van der Waals surface area contributed by atoms with Crippen molar-refractivity contribution in [2.75, 3.05) is 0 Å². The molecule has 0 aliphatic heterocycles. The van der Waals surface area contributed by atoms with Crippen molar-refractivity contribution in [2.45, 2.75) is 26.4 Å². The van der Waals surface area contributed by atoms with E-state index in [1.165, 1.54) is 0 Å². The molecule has 0 spiro atoms. The average molecular weight is 252 g/mol. The standard InChI is InChI=1S/C12H14ClN3O/c1-8(10-4-3-5-11(13)6-10)14-7-12-9(2)15-17-16-12/h3-6,8,14H,7H2,1-2H3/t8-/m1/s1. The van der Waals surface area contributed by atoms with Crippen LogP contribution in [0.4, 0.5) is 0 Å². The number of nitrogens with zero attached hydrogens (tertiary/aromatic N) is 2. The van der Waals surface area contributed by atoms with Crippen molar-refractivity contribution in [2.24, 2.45) is 0 Å². The monoisotopic (exact) mass is 251 g/mol.